The summed E-state index contributed by atoms with van der Waals surface area (Å²) in [5, 5.41) is 0.0187. The van der Waals surface area contributed by atoms with E-state index >= 15 is 0 Å². The van der Waals surface area contributed by atoms with Crippen LogP contribution in [0.5, 0.6) is 0 Å². The monoisotopic (exact) mass is 344 g/mol. The van der Waals surface area contributed by atoms with Crippen LogP contribution in [0.3, 0.4) is 0 Å². The van der Waals surface area contributed by atoms with E-state index in [4.69, 9.17) is 4.42 Å². The molecule has 1 aromatic heterocycles. The van der Waals surface area contributed by atoms with Crippen molar-refractivity contribution >= 4 is 23.6 Å². The van der Waals surface area contributed by atoms with E-state index in [9.17, 15) is 9.59 Å². The molecule has 0 saturated carbocycles. The van der Waals surface area contributed by atoms with Gasteiger partial charge in [-0.3, -0.25) is 9.59 Å². The Morgan fingerprint density at radius 1 is 1.33 bits per heavy atom. The maximum Gasteiger partial charge on any atom is 0.289 e. The minimum atomic E-state index is -0.175. The summed E-state index contributed by atoms with van der Waals surface area (Å²) in [7, 11) is 1.72. The van der Waals surface area contributed by atoms with Gasteiger partial charge in [0.1, 0.15) is 5.37 Å². The molecular formula is C18H20N2O3S. The van der Waals surface area contributed by atoms with Crippen LogP contribution in [0.25, 0.3) is 0 Å². The second-order valence-electron chi connectivity index (χ2n) is 5.87. The van der Waals surface area contributed by atoms with Crippen LogP contribution in [0.4, 0.5) is 0 Å². The molecule has 0 aliphatic carbocycles. The summed E-state index contributed by atoms with van der Waals surface area (Å²) < 4.78 is 5.14. The number of furan rings is 1. The molecule has 3 rings (SSSR count). The molecule has 0 spiro atoms. The van der Waals surface area contributed by atoms with E-state index in [1.165, 1.54) is 11.8 Å². The highest BCUT2D eigenvalue weighted by atomic mass is 32.2. The number of carbonyl (C=O) groups is 2. The fraction of sp³-hybridized carbons (Fsp3) is 0.333. The molecule has 0 bridgehead atoms. The van der Waals surface area contributed by atoms with E-state index < -0.39 is 0 Å². The van der Waals surface area contributed by atoms with Gasteiger partial charge in [0.15, 0.2) is 5.76 Å². The molecule has 6 heteroatoms. The molecule has 0 N–H and O–H groups in total. The Bertz CT molecular complexity index is 712. The first-order valence-corrected chi connectivity index (χ1v) is 8.88. The Hall–Kier alpha value is -2.21. The second kappa shape index (κ2) is 7.13. The van der Waals surface area contributed by atoms with Crippen LogP contribution in [-0.4, -0.2) is 47.5 Å². The molecule has 1 aromatic carbocycles. The number of carbonyl (C=O) groups excluding carboxylic acids is 2. The van der Waals surface area contributed by atoms with Crippen LogP contribution < -0.4 is 0 Å². The van der Waals surface area contributed by atoms with E-state index in [1.54, 1.807) is 35.8 Å². The fourth-order valence-corrected chi connectivity index (χ4v) is 3.87. The molecule has 126 valence electrons. The Kier molecular flexibility index (Phi) is 4.94. The van der Waals surface area contributed by atoms with Crippen LogP contribution >= 0.6 is 11.8 Å². The van der Waals surface area contributed by atoms with Gasteiger partial charge in [-0.2, -0.15) is 0 Å². The van der Waals surface area contributed by atoms with Gasteiger partial charge < -0.3 is 14.2 Å². The van der Waals surface area contributed by atoms with Gasteiger partial charge in [0.05, 0.1) is 12.0 Å². The summed E-state index contributed by atoms with van der Waals surface area (Å²) in [5.41, 5.74) is 2.32. The molecule has 1 aliphatic heterocycles. The zero-order chi connectivity index (χ0) is 17.1. The Morgan fingerprint density at radius 3 is 2.75 bits per heavy atom. The van der Waals surface area contributed by atoms with Gasteiger partial charge in [-0.1, -0.05) is 29.8 Å². The molecule has 0 unspecified atom stereocenters. The minimum absolute atomic E-state index is 0.0187. The van der Waals surface area contributed by atoms with E-state index in [0.717, 1.165) is 5.56 Å². The van der Waals surface area contributed by atoms with Crippen LogP contribution in [0, 0.1) is 6.92 Å². The number of nitrogens with zero attached hydrogens (tertiary/aromatic N) is 2. The fourth-order valence-electron chi connectivity index (χ4n) is 2.65. The van der Waals surface area contributed by atoms with Crippen molar-refractivity contribution < 1.29 is 14.0 Å². The Morgan fingerprint density at radius 2 is 2.08 bits per heavy atom. The molecule has 1 fully saturated rings. The number of rotatable bonds is 5. The zero-order valence-corrected chi connectivity index (χ0v) is 14.6. The number of benzene rings is 1. The van der Waals surface area contributed by atoms with Crippen molar-refractivity contribution in [2.24, 2.45) is 0 Å². The van der Waals surface area contributed by atoms with Gasteiger partial charge in [0.2, 0.25) is 5.91 Å². The first kappa shape index (κ1) is 16.6. The number of likely N-dealkylation sites (N-methyl/N-ethyl adjacent to an activating group) is 1. The lowest BCUT2D eigenvalue weighted by molar-refractivity contribution is -0.128. The molecule has 2 amide bonds. The van der Waals surface area contributed by atoms with Gasteiger partial charge in [-0.05, 0) is 24.6 Å². The summed E-state index contributed by atoms with van der Waals surface area (Å²) >= 11 is 1.63. The quantitative estimate of drug-likeness (QED) is 0.837. The lowest BCUT2D eigenvalue weighted by Crippen LogP contribution is -2.38. The van der Waals surface area contributed by atoms with Gasteiger partial charge in [-0.15, -0.1) is 11.8 Å². The summed E-state index contributed by atoms with van der Waals surface area (Å²) in [6.07, 6.45) is 1.48. The maximum atomic E-state index is 12.2. The normalized spacial score (nSPS) is 17.3. The predicted octanol–water partition coefficient (Wildman–Crippen LogP) is 2.93. The van der Waals surface area contributed by atoms with Crippen LogP contribution in [-0.2, 0) is 4.79 Å². The molecule has 1 aliphatic rings. The first-order chi connectivity index (χ1) is 11.6. The number of hydrogen-bond donors (Lipinski definition) is 0. The molecule has 2 aromatic rings. The summed E-state index contributed by atoms with van der Waals surface area (Å²) in [6, 6.07) is 11.6. The van der Waals surface area contributed by atoms with E-state index in [-0.39, 0.29) is 17.2 Å². The summed E-state index contributed by atoms with van der Waals surface area (Å²) in [6.45, 7) is 3.02. The molecule has 5 nitrogen and oxygen atoms in total. The maximum absolute atomic E-state index is 12.2. The molecular weight excluding hydrogens is 324 g/mol. The number of thioether (sulfide) groups is 1. The van der Waals surface area contributed by atoms with Crippen molar-refractivity contribution in [3.05, 3.63) is 59.5 Å². The molecule has 1 atom stereocenters. The van der Waals surface area contributed by atoms with Crippen molar-refractivity contribution in [2.75, 3.05) is 25.9 Å². The van der Waals surface area contributed by atoms with Crippen molar-refractivity contribution in [3.63, 3.8) is 0 Å². The van der Waals surface area contributed by atoms with Gasteiger partial charge in [0.25, 0.3) is 5.91 Å². The third-order valence-corrected chi connectivity index (χ3v) is 5.34. The number of aryl methyl sites for hydroxylation is 1. The SMILES string of the molecule is Cc1ccc([C@H]2SCC(=O)N2CCN(C)C(=O)c2ccco2)cc1. The third kappa shape index (κ3) is 3.48. The molecule has 1 saturated heterocycles. The standard InChI is InChI=1S/C18H20N2O3S/c1-13-5-7-14(8-6-13)18-20(16(21)12-24-18)10-9-19(2)17(22)15-4-3-11-23-15/h3-8,11,18H,9-10,12H2,1-2H3/t18-/m1/s1. The van der Waals surface area contributed by atoms with Crippen molar-refractivity contribution in [3.8, 4) is 0 Å². The lowest BCUT2D eigenvalue weighted by Gasteiger charge is -2.26. The van der Waals surface area contributed by atoms with E-state index in [2.05, 4.69) is 24.3 Å². The largest absolute Gasteiger partial charge is 0.459 e. The predicted molar refractivity (Wildman–Crippen MR) is 93.8 cm³/mol. The third-order valence-electron chi connectivity index (χ3n) is 4.09. The van der Waals surface area contributed by atoms with Crippen molar-refractivity contribution in [1.82, 2.24) is 9.80 Å². The smallest absolute Gasteiger partial charge is 0.289 e. The highest BCUT2D eigenvalue weighted by molar-refractivity contribution is 8.00. The highest BCUT2D eigenvalue weighted by Gasteiger charge is 2.32. The lowest BCUT2D eigenvalue weighted by atomic mass is 10.1. The molecule has 2 heterocycles. The Balaban J connectivity index is 1.65. The van der Waals surface area contributed by atoms with E-state index in [1.807, 2.05) is 11.8 Å². The second-order valence-corrected chi connectivity index (χ2v) is 6.93. The summed E-state index contributed by atoms with van der Waals surface area (Å²) in [4.78, 5) is 27.9. The van der Waals surface area contributed by atoms with Crippen LogP contribution in [0.15, 0.2) is 47.1 Å². The topological polar surface area (TPSA) is 53.8 Å². The number of amides is 2. The minimum Gasteiger partial charge on any atom is -0.459 e. The first-order valence-electron chi connectivity index (χ1n) is 7.83. The zero-order valence-electron chi connectivity index (χ0n) is 13.8. The van der Waals surface area contributed by atoms with Crippen LogP contribution in [0.1, 0.15) is 27.1 Å². The Labute approximate surface area is 145 Å². The summed E-state index contributed by atoms with van der Waals surface area (Å²) in [5.74, 6) is 0.735. The average Bonchev–Trinajstić information content (AvgIpc) is 3.23. The average molecular weight is 344 g/mol. The highest BCUT2D eigenvalue weighted by Crippen LogP contribution is 2.38. The van der Waals surface area contributed by atoms with Crippen molar-refractivity contribution in [1.29, 1.82) is 0 Å². The number of hydrogen-bond acceptors (Lipinski definition) is 4. The molecule has 0 radical (unpaired) electrons. The van der Waals surface area contributed by atoms with E-state index in [0.29, 0.717) is 24.6 Å². The van der Waals surface area contributed by atoms with Gasteiger partial charge >= 0.3 is 0 Å². The van der Waals surface area contributed by atoms with Crippen LogP contribution in [0.2, 0.25) is 0 Å². The van der Waals surface area contributed by atoms with Gasteiger partial charge in [0, 0.05) is 20.1 Å². The van der Waals surface area contributed by atoms with Gasteiger partial charge in [-0.25, -0.2) is 0 Å². The molecule has 24 heavy (non-hydrogen) atoms. The van der Waals surface area contributed by atoms with Crippen molar-refractivity contribution in [2.45, 2.75) is 12.3 Å².